The molecule has 0 saturated carbocycles. The first-order chi connectivity index (χ1) is 17.4. The molecule has 2 aliphatic heterocycles. The number of fused-ring (bicyclic) bond motifs is 1. The predicted molar refractivity (Wildman–Crippen MR) is 134 cm³/mol. The summed E-state index contributed by atoms with van der Waals surface area (Å²) >= 11 is 0. The van der Waals surface area contributed by atoms with Crippen LogP contribution in [0.3, 0.4) is 0 Å². The van der Waals surface area contributed by atoms with Gasteiger partial charge >= 0.3 is 5.97 Å². The lowest BCUT2D eigenvalue weighted by molar-refractivity contribution is -0.149. The Bertz CT molecular complexity index is 1290. The van der Waals surface area contributed by atoms with E-state index < -0.39 is 6.04 Å². The van der Waals surface area contributed by atoms with Crippen LogP contribution in [0, 0.1) is 19.8 Å². The average molecular weight is 495 g/mol. The molecular weight excluding hydrogens is 460 g/mol. The fraction of sp³-hybridized carbons (Fsp3) is 0.577. The van der Waals surface area contributed by atoms with Crippen molar-refractivity contribution in [2.24, 2.45) is 5.92 Å². The molecule has 192 valence electrons. The summed E-state index contributed by atoms with van der Waals surface area (Å²) in [5, 5.41) is 13.7. The number of benzene rings is 1. The van der Waals surface area contributed by atoms with Gasteiger partial charge in [0.1, 0.15) is 6.04 Å². The first-order valence-electron chi connectivity index (χ1n) is 12.9. The lowest BCUT2D eigenvalue weighted by Gasteiger charge is -2.36. The Morgan fingerprint density at radius 3 is 2.75 bits per heavy atom. The van der Waals surface area contributed by atoms with Crippen LogP contribution in [0.4, 0.5) is 0 Å². The van der Waals surface area contributed by atoms with Crippen LogP contribution in [0.5, 0.6) is 0 Å². The molecule has 2 saturated heterocycles. The highest BCUT2D eigenvalue weighted by atomic mass is 16.5. The van der Waals surface area contributed by atoms with E-state index in [1.54, 1.807) is 4.68 Å². The lowest BCUT2D eigenvalue weighted by atomic mass is 9.93. The van der Waals surface area contributed by atoms with E-state index in [9.17, 15) is 9.59 Å². The fourth-order valence-corrected chi connectivity index (χ4v) is 5.56. The number of hydrogen-bond donors (Lipinski definition) is 1. The van der Waals surface area contributed by atoms with Crippen LogP contribution in [0.1, 0.15) is 61.2 Å². The van der Waals surface area contributed by atoms with E-state index in [1.807, 2.05) is 26.0 Å². The van der Waals surface area contributed by atoms with Crippen LogP contribution >= 0.6 is 0 Å². The number of piperidine rings is 1. The van der Waals surface area contributed by atoms with Crippen LogP contribution < -0.4 is 5.56 Å². The molecule has 1 N–H and O–H groups in total. The summed E-state index contributed by atoms with van der Waals surface area (Å²) in [4.78, 5) is 31.1. The molecule has 4 heterocycles. The standard InChI is InChI=1S/C26H34N6O4/c1-4-35-26(34)18-7-9-31(10-8-18)23(24-28-29-30-32(24)15-19-6-5-11-36-19)21-14-20-17(3)12-16(2)13-22(20)27-25(21)33/h12-14,18-19,23H,4-11,15H2,1-3H3,(H,27,33). The van der Waals surface area contributed by atoms with Gasteiger partial charge < -0.3 is 14.5 Å². The van der Waals surface area contributed by atoms with Gasteiger partial charge in [0.05, 0.1) is 25.2 Å². The van der Waals surface area contributed by atoms with E-state index in [0.29, 0.717) is 50.5 Å². The number of tetrazole rings is 1. The zero-order valence-electron chi connectivity index (χ0n) is 21.2. The molecule has 0 aliphatic carbocycles. The Morgan fingerprint density at radius 1 is 1.22 bits per heavy atom. The number of nitrogens with one attached hydrogen (secondary N) is 1. The fourth-order valence-electron chi connectivity index (χ4n) is 5.56. The number of aromatic amines is 1. The maximum Gasteiger partial charge on any atom is 0.309 e. The van der Waals surface area contributed by atoms with Crippen molar-refractivity contribution in [2.75, 3.05) is 26.3 Å². The van der Waals surface area contributed by atoms with E-state index >= 15 is 0 Å². The minimum absolute atomic E-state index is 0.0579. The van der Waals surface area contributed by atoms with Gasteiger partial charge in [0.15, 0.2) is 5.82 Å². The molecule has 0 spiro atoms. The Hall–Kier alpha value is -3.11. The van der Waals surface area contributed by atoms with Crippen LogP contribution in [-0.2, 0) is 20.8 Å². The van der Waals surface area contributed by atoms with E-state index in [2.05, 4.69) is 38.4 Å². The van der Waals surface area contributed by atoms with Crippen molar-refractivity contribution >= 4 is 16.9 Å². The molecule has 2 atom stereocenters. The Balaban J connectivity index is 1.54. The Morgan fingerprint density at radius 2 is 2.03 bits per heavy atom. The summed E-state index contributed by atoms with van der Waals surface area (Å²) in [6.07, 6.45) is 3.36. The van der Waals surface area contributed by atoms with Gasteiger partial charge in [-0.25, -0.2) is 4.68 Å². The van der Waals surface area contributed by atoms with E-state index in [4.69, 9.17) is 9.47 Å². The number of carbonyl (C=O) groups excluding carboxylic acids is 1. The van der Waals surface area contributed by atoms with Gasteiger partial charge in [-0.1, -0.05) is 6.07 Å². The number of aryl methyl sites for hydroxylation is 2. The zero-order chi connectivity index (χ0) is 25.2. The van der Waals surface area contributed by atoms with Crippen molar-refractivity contribution in [3.63, 3.8) is 0 Å². The van der Waals surface area contributed by atoms with Gasteiger partial charge in [0.25, 0.3) is 5.56 Å². The Labute approximate surface area is 210 Å². The number of aromatic nitrogens is 5. The number of likely N-dealkylation sites (tertiary alicyclic amines) is 1. The molecule has 0 radical (unpaired) electrons. The van der Waals surface area contributed by atoms with Crippen molar-refractivity contribution in [3.05, 3.63) is 51.1 Å². The predicted octanol–water partition coefficient (Wildman–Crippen LogP) is 2.67. The summed E-state index contributed by atoms with van der Waals surface area (Å²) < 4.78 is 12.9. The summed E-state index contributed by atoms with van der Waals surface area (Å²) in [5.41, 5.74) is 3.46. The molecule has 36 heavy (non-hydrogen) atoms. The summed E-state index contributed by atoms with van der Waals surface area (Å²) in [6.45, 7) is 8.83. The van der Waals surface area contributed by atoms with E-state index in [1.165, 1.54) is 0 Å². The van der Waals surface area contributed by atoms with Crippen LogP contribution in [0.2, 0.25) is 0 Å². The third-order valence-corrected chi connectivity index (χ3v) is 7.36. The third kappa shape index (κ3) is 4.92. The van der Waals surface area contributed by atoms with Crippen LogP contribution in [-0.4, -0.2) is 68.5 Å². The smallest absolute Gasteiger partial charge is 0.309 e. The zero-order valence-corrected chi connectivity index (χ0v) is 21.2. The monoisotopic (exact) mass is 494 g/mol. The minimum atomic E-state index is -0.446. The number of nitrogens with zero attached hydrogens (tertiary/aromatic N) is 5. The van der Waals surface area contributed by atoms with Gasteiger partial charge in [0, 0.05) is 36.2 Å². The molecule has 1 aromatic carbocycles. The topological polar surface area (TPSA) is 115 Å². The molecule has 2 aliphatic rings. The quantitative estimate of drug-likeness (QED) is 0.499. The van der Waals surface area contributed by atoms with Crippen LogP contribution in [0.25, 0.3) is 10.9 Å². The number of carbonyl (C=O) groups is 1. The SMILES string of the molecule is CCOC(=O)C1CCN(C(c2cc3c(C)cc(C)cc3[nH]c2=O)c2nnnn2CC2CCCO2)CC1. The van der Waals surface area contributed by atoms with E-state index in [-0.39, 0.29) is 23.6 Å². The molecule has 0 bridgehead atoms. The molecule has 2 fully saturated rings. The largest absolute Gasteiger partial charge is 0.466 e. The molecule has 10 heteroatoms. The molecule has 3 aromatic rings. The van der Waals surface area contributed by atoms with E-state index in [0.717, 1.165) is 41.5 Å². The minimum Gasteiger partial charge on any atom is -0.466 e. The van der Waals surface area contributed by atoms with Crippen molar-refractivity contribution in [3.8, 4) is 0 Å². The third-order valence-electron chi connectivity index (χ3n) is 7.36. The van der Waals surface area contributed by atoms with Gasteiger partial charge in [-0.15, -0.1) is 5.10 Å². The van der Waals surface area contributed by atoms with Gasteiger partial charge in [-0.2, -0.15) is 0 Å². The molecule has 0 amide bonds. The second-order valence-electron chi connectivity index (χ2n) is 9.92. The lowest BCUT2D eigenvalue weighted by Crippen LogP contribution is -2.42. The highest BCUT2D eigenvalue weighted by Crippen LogP contribution is 2.32. The summed E-state index contributed by atoms with van der Waals surface area (Å²) in [7, 11) is 0. The number of H-pyrrole nitrogens is 1. The summed E-state index contributed by atoms with van der Waals surface area (Å²) in [6, 6.07) is 5.65. The Kier molecular flexibility index (Phi) is 7.15. The summed E-state index contributed by atoms with van der Waals surface area (Å²) in [5.74, 6) is 0.339. The number of esters is 1. The van der Waals surface area contributed by atoms with Gasteiger partial charge in [0.2, 0.25) is 0 Å². The molecule has 2 unspecified atom stereocenters. The van der Waals surface area contributed by atoms with Crippen molar-refractivity contribution < 1.29 is 14.3 Å². The average Bonchev–Trinajstić information content (AvgIpc) is 3.53. The molecule has 10 nitrogen and oxygen atoms in total. The number of pyridine rings is 1. The maximum atomic E-state index is 13.5. The number of hydrogen-bond acceptors (Lipinski definition) is 8. The second kappa shape index (κ2) is 10.5. The molecule has 5 rings (SSSR count). The van der Waals surface area contributed by atoms with Crippen molar-refractivity contribution in [1.29, 1.82) is 0 Å². The molecular formula is C26H34N6O4. The normalized spacial score (nSPS) is 20.1. The van der Waals surface area contributed by atoms with Gasteiger partial charge in [-0.3, -0.25) is 14.5 Å². The highest BCUT2D eigenvalue weighted by Gasteiger charge is 2.35. The van der Waals surface area contributed by atoms with Crippen LogP contribution in [0.15, 0.2) is 23.0 Å². The number of rotatable bonds is 7. The molecule has 2 aromatic heterocycles. The van der Waals surface area contributed by atoms with Gasteiger partial charge in [-0.05, 0) is 80.1 Å². The van der Waals surface area contributed by atoms with Crippen molar-refractivity contribution in [1.82, 2.24) is 30.1 Å². The number of ether oxygens (including phenoxy) is 2. The second-order valence-corrected chi connectivity index (χ2v) is 9.92. The highest BCUT2D eigenvalue weighted by molar-refractivity contribution is 5.83. The van der Waals surface area contributed by atoms with Crippen molar-refractivity contribution in [2.45, 2.75) is 65.1 Å². The maximum absolute atomic E-state index is 13.5. The first-order valence-corrected chi connectivity index (χ1v) is 12.9. The first kappa shape index (κ1) is 24.6.